The van der Waals surface area contributed by atoms with Crippen LogP contribution in [-0.2, 0) is 33.7 Å². The van der Waals surface area contributed by atoms with Gasteiger partial charge in [-0.25, -0.2) is 4.39 Å². The van der Waals surface area contributed by atoms with E-state index in [0.717, 1.165) is 30.3 Å². The van der Waals surface area contributed by atoms with Crippen molar-refractivity contribution < 1.29 is 23.4 Å². The summed E-state index contributed by atoms with van der Waals surface area (Å²) in [5.41, 5.74) is 1.30. The van der Waals surface area contributed by atoms with Gasteiger partial charge in [0.15, 0.2) is 0 Å². The van der Waals surface area contributed by atoms with Crippen molar-refractivity contribution in [2.24, 2.45) is 0 Å². The zero-order valence-corrected chi connectivity index (χ0v) is 20.0. The fourth-order valence-electron chi connectivity index (χ4n) is 3.66. The van der Waals surface area contributed by atoms with Crippen LogP contribution in [-0.4, -0.2) is 24.3 Å². The van der Waals surface area contributed by atoms with Gasteiger partial charge < -0.3 is 14.2 Å². The molecule has 0 aromatic heterocycles. The number of aryl methyl sites for hydroxylation is 1. The van der Waals surface area contributed by atoms with Crippen LogP contribution in [0.1, 0.15) is 56.7 Å². The number of carbonyl (C=O) groups excluding carboxylic acids is 1. The minimum Gasteiger partial charge on any atom is -0.488 e. The lowest BCUT2D eigenvalue weighted by atomic mass is 10.0. The third-order valence-electron chi connectivity index (χ3n) is 5.06. The van der Waals surface area contributed by atoms with E-state index < -0.39 is 5.60 Å². The van der Waals surface area contributed by atoms with Crippen molar-refractivity contribution in [3.63, 3.8) is 0 Å². The van der Waals surface area contributed by atoms with Gasteiger partial charge >= 0.3 is 5.97 Å². The van der Waals surface area contributed by atoms with Gasteiger partial charge in [-0.2, -0.15) is 0 Å². The van der Waals surface area contributed by atoms with Crippen molar-refractivity contribution in [1.82, 2.24) is 0 Å². The third-order valence-corrected chi connectivity index (χ3v) is 5.52. The fourth-order valence-corrected chi connectivity index (χ4v) is 4.21. The van der Waals surface area contributed by atoms with Crippen LogP contribution in [0.3, 0.4) is 0 Å². The minimum atomic E-state index is -0.549. The van der Waals surface area contributed by atoms with E-state index in [9.17, 15) is 4.79 Å². The lowest BCUT2D eigenvalue weighted by molar-refractivity contribution is -0.153. The van der Waals surface area contributed by atoms with Gasteiger partial charge in [0.05, 0.1) is 12.5 Å². The van der Waals surface area contributed by atoms with Crippen LogP contribution in [0.15, 0.2) is 40.9 Å². The van der Waals surface area contributed by atoms with Crippen molar-refractivity contribution in [2.75, 3.05) is 6.61 Å². The van der Waals surface area contributed by atoms with Crippen LogP contribution in [0.2, 0.25) is 0 Å². The van der Waals surface area contributed by atoms with E-state index in [1.54, 1.807) is 12.1 Å². The summed E-state index contributed by atoms with van der Waals surface area (Å²) in [5, 5.41) is 0. The second-order valence-corrected chi connectivity index (χ2v) is 9.79. The molecule has 1 saturated heterocycles. The van der Waals surface area contributed by atoms with Crippen LogP contribution < -0.4 is 4.74 Å². The molecular weight excluding hydrogens is 463 g/mol. The van der Waals surface area contributed by atoms with Crippen LogP contribution in [0.4, 0.5) is 4.39 Å². The molecule has 0 aliphatic carbocycles. The molecule has 0 N–H and O–H groups in total. The Bertz CT molecular complexity index is 901. The molecule has 6 heteroatoms. The number of hydrogen-bond acceptors (Lipinski definition) is 4. The van der Waals surface area contributed by atoms with Gasteiger partial charge in [-0.1, -0.05) is 34.1 Å². The Morgan fingerprint density at radius 3 is 2.65 bits per heavy atom. The molecule has 168 valence electrons. The summed E-state index contributed by atoms with van der Waals surface area (Å²) < 4.78 is 32.9. The molecule has 1 aliphatic heterocycles. The van der Waals surface area contributed by atoms with Crippen molar-refractivity contribution in [3.8, 4) is 5.75 Å². The molecular formula is C25H30BrFO4. The first-order valence-corrected chi connectivity index (χ1v) is 11.5. The third kappa shape index (κ3) is 7.32. The first kappa shape index (κ1) is 23.7. The number of esters is 1. The highest BCUT2D eigenvalue weighted by Crippen LogP contribution is 2.27. The van der Waals surface area contributed by atoms with E-state index in [0.29, 0.717) is 28.9 Å². The van der Waals surface area contributed by atoms with Crippen LogP contribution >= 0.6 is 15.9 Å². The monoisotopic (exact) mass is 492 g/mol. The lowest BCUT2D eigenvalue weighted by Gasteiger charge is -2.20. The first-order chi connectivity index (χ1) is 14.7. The minimum absolute atomic E-state index is 0.0730. The van der Waals surface area contributed by atoms with Crippen LogP contribution in [0.5, 0.6) is 5.75 Å². The zero-order valence-electron chi connectivity index (χ0n) is 18.4. The predicted octanol–water partition coefficient (Wildman–Crippen LogP) is 6.16. The molecule has 0 amide bonds. The molecule has 31 heavy (non-hydrogen) atoms. The Kier molecular flexibility index (Phi) is 8.11. The van der Waals surface area contributed by atoms with Crippen molar-refractivity contribution >= 4 is 21.9 Å². The molecule has 1 unspecified atom stereocenters. The maximum absolute atomic E-state index is 15.1. The number of halogens is 2. The maximum atomic E-state index is 15.1. The predicted molar refractivity (Wildman–Crippen MR) is 122 cm³/mol. The van der Waals surface area contributed by atoms with E-state index in [4.69, 9.17) is 14.2 Å². The summed E-state index contributed by atoms with van der Waals surface area (Å²) in [5.74, 6) is -0.0203. The van der Waals surface area contributed by atoms with Crippen LogP contribution in [0.25, 0.3) is 0 Å². The Morgan fingerprint density at radius 2 is 1.94 bits per heavy atom. The number of rotatable bonds is 8. The summed E-state index contributed by atoms with van der Waals surface area (Å²) in [4.78, 5) is 12.2. The molecule has 0 radical (unpaired) electrons. The Hall–Kier alpha value is -1.92. The molecule has 0 saturated carbocycles. The van der Waals surface area contributed by atoms with E-state index >= 15 is 4.39 Å². The second kappa shape index (κ2) is 10.6. The van der Waals surface area contributed by atoms with Crippen molar-refractivity contribution in [2.45, 2.75) is 71.2 Å². The summed E-state index contributed by atoms with van der Waals surface area (Å²) in [6.45, 7) is 6.37. The van der Waals surface area contributed by atoms with E-state index in [2.05, 4.69) is 15.9 Å². The molecule has 1 heterocycles. The number of hydrogen-bond donors (Lipinski definition) is 0. The van der Waals surface area contributed by atoms with Crippen molar-refractivity contribution in [3.05, 3.63) is 63.4 Å². The first-order valence-electron chi connectivity index (χ1n) is 10.7. The average molecular weight is 493 g/mol. The zero-order chi connectivity index (χ0) is 22.4. The van der Waals surface area contributed by atoms with E-state index in [1.165, 1.54) is 0 Å². The van der Waals surface area contributed by atoms with E-state index in [-0.39, 0.29) is 30.9 Å². The summed E-state index contributed by atoms with van der Waals surface area (Å²) in [6.07, 6.45) is 3.87. The second-order valence-electron chi connectivity index (χ2n) is 8.87. The number of carbonyl (C=O) groups is 1. The summed E-state index contributed by atoms with van der Waals surface area (Å²) in [7, 11) is 0. The van der Waals surface area contributed by atoms with Crippen LogP contribution in [0, 0.1) is 5.82 Å². The summed E-state index contributed by atoms with van der Waals surface area (Å²) >= 11 is 3.49. The highest BCUT2D eigenvalue weighted by atomic mass is 79.9. The largest absolute Gasteiger partial charge is 0.488 e. The van der Waals surface area contributed by atoms with Gasteiger partial charge in [0.2, 0.25) is 0 Å². The number of benzene rings is 2. The highest BCUT2D eigenvalue weighted by molar-refractivity contribution is 9.10. The average Bonchev–Trinajstić information content (AvgIpc) is 3.20. The van der Waals surface area contributed by atoms with Crippen molar-refractivity contribution in [1.29, 1.82) is 0 Å². The highest BCUT2D eigenvalue weighted by Gasteiger charge is 2.20. The Balaban J connectivity index is 1.67. The van der Waals surface area contributed by atoms with E-state index in [1.807, 2.05) is 45.0 Å². The fraction of sp³-hybridized carbons (Fsp3) is 0.480. The number of ether oxygens (including phenoxy) is 3. The summed E-state index contributed by atoms with van der Waals surface area (Å²) in [6, 6.07) is 10.8. The number of para-hydroxylation sites is 1. The lowest BCUT2D eigenvalue weighted by Crippen LogP contribution is -2.25. The molecule has 2 aromatic rings. The molecule has 2 aromatic carbocycles. The SMILES string of the molecule is CC(C)(C)OC(=O)Cc1ccccc1OCc1cc(Br)cc(CCC2CCCO2)c1F. The quantitative estimate of drug-likeness (QED) is 0.413. The Labute approximate surface area is 192 Å². The molecule has 1 aliphatic rings. The van der Waals surface area contributed by atoms with Gasteiger partial charge in [0, 0.05) is 22.2 Å². The standard InChI is InChI=1S/C25H30BrFO4/c1-25(2,3)31-23(28)15-17-7-4-5-9-22(17)30-16-19-14-20(26)13-18(24(19)27)10-11-21-8-6-12-29-21/h4-5,7,9,13-14,21H,6,8,10-12,15-16H2,1-3H3. The van der Waals surface area contributed by atoms with Gasteiger partial charge in [-0.05, 0) is 70.2 Å². The van der Waals surface area contributed by atoms with Gasteiger partial charge in [-0.15, -0.1) is 0 Å². The normalized spacial score (nSPS) is 16.4. The molecule has 3 rings (SSSR count). The van der Waals surface area contributed by atoms with Gasteiger partial charge in [-0.3, -0.25) is 4.79 Å². The maximum Gasteiger partial charge on any atom is 0.310 e. The topological polar surface area (TPSA) is 44.8 Å². The molecule has 1 atom stereocenters. The molecule has 4 nitrogen and oxygen atoms in total. The Morgan fingerprint density at radius 1 is 1.19 bits per heavy atom. The van der Waals surface area contributed by atoms with Gasteiger partial charge in [0.1, 0.15) is 23.8 Å². The smallest absolute Gasteiger partial charge is 0.310 e. The molecule has 0 bridgehead atoms. The molecule has 1 fully saturated rings. The molecule has 0 spiro atoms. The van der Waals surface area contributed by atoms with Gasteiger partial charge in [0.25, 0.3) is 0 Å².